The maximum Gasteiger partial charge on any atom is 0.338 e. The summed E-state index contributed by atoms with van der Waals surface area (Å²) in [4.78, 5) is 58.3. The number of hydrogen-bond acceptors (Lipinski definition) is 8. The number of fused-ring (bicyclic) bond motifs is 2. The summed E-state index contributed by atoms with van der Waals surface area (Å²) in [5.74, 6) is -1.07. The predicted molar refractivity (Wildman–Crippen MR) is 141 cm³/mol. The molecule has 1 aromatic heterocycles. The summed E-state index contributed by atoms with van der Waals surface area (Å²) in [7, 11) is 1.26. The zero-order valence-electron chi connectivity index (χ0n) is 20.9. The van der Waals surface area contributed by atoms with Crippen molar-refractivity contribution in [2.24, 2.45) is 4.99 Å². The number of aromatic nitrogens is 1. The summed E-state index contributed by atoms with van der Waals surface area (Å²) >= 11 is 1.10. The molecule has 10 heteroatoms. The minimum Gasteiger partial charge on any atom is -0.466 e. The molecule has 0 N–H and O–H groups in total. The zero-order chi connectivity index (χ0) is 27.1. The molecule has 0 spiro atoms. The number of carbonyl (C=O) groups is 3. The maximum atomic E-state index is 14.0. The fraction of sp³-hybridized carbons (Fsp3) is 0.179. The van der Waals surface area contributed by atoms with Gasteiger partial charge in [0.05, 0.1) is 35.7 Å². The van der Waals surface area contributed by atoms with Crippen LogP contribution in [0.15, 0.2) is 82.2 Å². The van der Waals surface area contributed by atoms with Crippen LogP contribution < -0.4 is 24.5 Å². The summed E-state index contributed by atoms with van der Waals surface area (Å²) in [6.45, 7) is 7.01. The Labute approximate surface area is 221 Å². The largest absolute Gasteiger partial charge is 0.466 e. The molecule has 38 heavy (non-hydrogen) atoms. The fourth-order valence-corrected chi connectivity index (χ4v) is 5.89. The second-order valence-corrected chi connectivity index (χ2v) is 9.63. The number of methoxy groups -OCH3 is 1. The summed E-state index contributed by atoms with van der Waals surface area (Å²) in [6, 6.07) is 12.9. The number of nitrogens with zero attached hydrogens (tertiary/aromatic N) is 3. The highest BCUT2D eigenvalue weighted by Gasteiger charge is 2.36. The fourth-order valence-electron chi connectivity index (χ4n) is 4.75. The Hall–Kier alpha value is -4.57. The minimum atomic E-state index is -0.865. The number of rotatable bonds is 5. The normalized spacial score (nSPS) is 17.5. The van der Waals surface area contributed by atoms with Gasteiger partial charge in [0.2, 0.25) is 0 Å². The number of esters is 2. The van der Waals surface area contributed by atoms with E-state index in [-0.39, 0.29) is 21.6 Å². The Bertz CT molecular complexity index is 1730. The second-order valence-electron chi connectivity index (χ2n) is 8.65. The number of amides is 1. The van der Waals surface area contributed by atoms with Gasteiger partial charge in [0.25, 0.3) is 11.5 Å². The molecule has 2 aromatic carbocycles. The second kappa shape index (κ2) is 9.71. The van der Waals surface area contributed by atoms with Crippen molar-refractivity contribution < 1.29 is 23.9 Å². The molecule has 9 nitrogen and oxygen atoms in total. The summed E-state index contributed by atoms with van der Waals surface area (Å²) in [6.07, 6.45) is 1.63. The first-order valence-electron chi connectivity index (χ1n) is 11.7. The number of anilines is 1. The van der Waals surface area contributed by atoms with E-state index in [1.807, 2.05) is 18.2 Å². The van der Waals surface area contributed by atoms with Gasteiger partial charge in [-0.1, -0.05) is 47.7 Å². The quantitative estimate of drug-likeness (QED) is 0.285. The average Bonchev–Trinajstić information content (AvgIpc) is 3.36. The number of ether oxygens (including phenoxy) is 2. The van der Waals surface area contributed by atoms with Crippen LogP contribution in [0.3, 0.4) is 0 Å². The van der Waals surface area contributed by atoms with Gasteiger partial charge < -0.3 is 14.4 Å². The van der Waals surface area contributed by atoms with Gasteiger partial charge in [-0.05, 0) is 30.7 Å². The summed E-state index contributed by atoms with van der Waals surface area (Å²) in [5.41, 5.74) is 2.36. The van der Waals surface area contributed by atoms with E-state index >= 15 is 0 Å². The molecule has 3 aromatic rings. The number of thiazole rings is 1. The van der Waals surface area contributed by atoms with E-state index in [1.165, 1.54) is 18.6 Å². The Kier molecular flexibility index (Phi) is 6.41. The number of carbonyl (C=O) groups excluding carboxylic acids is 3. The van der Waals surface area contributed by atoms with Crippen LogP contribution in [0.4, 0.5) is 5.69 Å². The molecule has 0 fully saturated rings. The van der Waals surface area contributed by atoms with Gasteiger partial charge in [0.1, 0.15) is 10.3 Å². The molecule has 192 valence electrons. The van der Waals surface area contributed by atoms with E-state index in [0.717, 1.165) is 11.3 Å². The van der Waals surface area contributed by atoms with Crippen LogP contribution in [0, 0.1) is 0 Å². The first kappa shape index (κ1) is 25.1. The molecular formula is C28H23N3O6S. The highest BCUT2D eigenvalue weighted by atomic mass is 32.1. The van der Waals surface area contributed by atoms with E-state index in [4.69, 9.17) is 9.47 Å². The van der Waals surface area contributed by atoms with Gasteiger partial charge in [-0.3, -0.25) is 19.0 Å². The highest BCUT2D eigenvalue weighted by molar-refractivity contribution is 7.07. The third kappa shape index (κ3) is 3.99. The van der Waals surface area contributed by atoms with Crippen molar-refractivity contribution in [2.75, 3.05) is 18.6 Å². The van der Waals surface area contributed by atoms with Crippen LogP contribution in [0.2, 0.25) is 0 Å². The summed E-state index contributed by atoms with van der Waals surface area (Å²) < 4.78 is 11.8. The Morgan fingerprint density at radius 2 is 1.84 bits per heavy atom. The molecule has 2 aliphatic rings. The van der Waals surface area contributed by atoms with Crippen LogP contribution >= 0.6 is 11.3 Å². The van der Waals surface area contributed by atoms with Crippen molar-refractivity contribution in [3.63, 3.8) is 0 Å². The smallest absolute Gasteiger partial charge is 0.338 e. The Morgan fingerprint density at radius 3 is 2.50 bits per heavy atom. The predicted octanol–water partition coefficient (Wildman–Crippen LogP) is 2.24. The van der Waals surface area contributed by atoms with Gasteiger partial charge in [-0.15, -0.1) is 6.58 Å². The van der Waals surface area contributed by atoms with Crippen LogP contribution in [-0.2, 0) is 19.1 Å². The van der Waals surface area contributed by atoms with Gasteiger partial charge in [0.15, 0.2) is 4.80 Å². The molecule has 1 atom stereocenters. The molecule has 1 amide bonds. The van der Waals surface area contributed by atoms with Crippen molar-refractivity contribution in [3.8, 4) is 5.75 Å². The van der Waals surface area contributed by atoms with E-state index in [2.05, 4.69) is 11.6 Å². The lowest BCUT2D eigenvalue weighted by Gasteiger charge is -2.24. The molecule has 0 saturated heterocycles. The Morgan fingerprint density at radius 1 is 1.13 bits per heavy atom. The molecule has 2 aliphatic heterocycles. The van der Waals surface area contributed by atoms with Crippen molar-refractivity contribution >= 4 is 40.4 Å². The Balaban J connectivity index is 1.77. The van der Waals surface area contributed by atoms with Crippen molar-refractivity contribution in [3.05, 3.63) is 103 Å². The van der Waals surface area contributed by atoms with Crippen LogP contribution in [0.5, 0.6) is 5.75 Å². The van der Waals surface area contributed by atoms with Crippen LogP contribution in [-0.4, -0.2) is 36.1 Å². The average molecular weight is 530 g/mol. The number of benzene rings is 2. The van der Waals surface area contributed by atoms with E-state index in [1.54, 1.807) is 48.2 Å². The van der Waals surface area contributed by atoms with Crippen molar-refractivity contribution in [1.82, 2.24) is 4.57 Å². The summed E-state index contributed by atoms with van der Waals surface area (Å²) in [5, 5.41) is 0. The topological polar surface area (TPSA) is 107 Å². The standard InChI is InChI=1S/C28H23N3O6S/c1-5-14-30-20-9-7-6-8-19(20)22(25(30)33)24-26(34)31-23(17-10-12-18(13-11-17)37-16(3)32)21(27(35)36-4)15(2)29-28(31)38-24/h5-13,23H,1,14H2,2-4H3. The molecular weight excluding hydrogens is 506 g/mol. The third-order valence-corrected chi connectivity index (χ3v) is 7.38. The molecule has 3 heterocycles. The zero-order valence-corrected chi connectivity index (χ0v) is 21.7. The first-order valence-corrected chi connectivity index (χ1v) is 12.5. The first-order chi connectivity index (χ1) is 18.3. The molecule has 0 bridgehead atoms. The van der Waals surface area contributed by atoms with E-state index in [9.17, 15) is 19.2 Å². The van der Waals surface area contributed by atoms with Crippen molar-refractivity contribution in [2.45, 2.75) is 19.9 Å². The monoisotopic (exact) mass is 529 g/mol. The lowest BCUT2D eigenvalue weighted by atomic mass is 9.96. The number of para-hydroxylation sites is 1. The van der Waals surface area contributed by atoms with Crippen molar-refractivity contribution in [1.29, 1.82) is 0 Å². The van der Waals surface area contributed by atoms with Gasteiger partial charge in [-0.25, -0.2) is 9.79 Å². The van der Waals surface area contributed by atoms with Crippen LogP contribution in [0.25, 0.3) is 5.57 Å². The molecule has 5 rings (SSSR count). The van der Waals surface area contributed by atoms with Gasteiger partial charge in [0, 0.05) is 19.0 Å². The van der Waals surface area contributed by atoms with E-state index in [0.29, 0.717) is 39.6 Å². The van der Waals surface area contributed by atoms with Gasteiger partial charge >= 0.3 is 11.9 Å². The number of allylic oxidation sites excluding steroid dienone is 1. The highest BCUT2D eigenvalue weighted by Crippen LogP contribution is 2.35. The van der Waals surface area contributed by atoms with Crippen LogP contribution in [0.1, 0.15) is 31.0 Å². The lowest BCUT2D eigenvalue weighted by molar-refractivity contribution is -0.136. The molecule has 1 unspecified atom stereocenters. The van der Waals surface area contributed by atoms with E-state index < -0.39 is 23.5 Å². The molecule has 0 saturated carbocycles. The molecule has 0 radical (unpaired) electrons. The SMILES string of the molecule is C=CCN1C(=O)C(=c2sc3n(c2=O)C(c2ccc(OC(C)=O)cc2)C(C(=O)OC)=C(C)N=3)c2ccccc21. The minimum absolute atomic E-state index is 0.197. The molecule has 0 aliphatic carbocycles. The third-order valence-electron chi connectivity index (χ3n) is 6.32. The van der Waals surface area contributed by atoms with Gasteiger partial charge in [-0.2, -0.15) is 0 Å². The lowest BCUT2D eigenvalue weighted by Crippen LogP contribution is -2.40. The maximum absolute atomic E-state index is 14.0. The number of hydrogen-bond donors (Lipinski definition) is 0.